The minimum atomic E-state index is -0.620. The average molecular weight is 407 g/mol. The second-order valence-corrected chi connectivity index (χ2v) is 7.17. The van der Waals surface area contributed by atoms with Gasteiger partial charge in [-0.05, 0) is 64.1 Å². The summed E-state index contributed by atoms with van der Waals surface area (Å²) in [5, 5.41) is 7.04. The van der Waals surface area contributed by atoms with Crippen LogP contribution in [0.1, 0.15) is 35.7 Å². The molecule has 1 aromatic heterocycles. The molecule has 1 heterocycles. The summed E-state index contributed by atoms with van der Waals surface area (Å²) in [7, 11) is 0. The maximum atomic E-state index is 12.8. The molecule has 0 aliphatic carbocycles. The van der Waals surface area contributed by atoms with E-state index in [1.54, 1.807) is 18.7 Å². The Morgan fingerprint density at radius 2 is 1.67 bits per heavy atom. The number of nitrogens with one attached hydrogen (secondary N) is 1. The third-order valence-corrected chi connectivity index (χ3v) is 4.56. The fourth-order valence-corrected chi connectivity index (χ4v) is 3.17. The number of benzene rings is 2. The maximum Gasteiger partial charge on any atom is 0.344 e. The number of ether oxygens (including phenoxy) is 1. The van der Waals surface area contributed by atoms with Gasteiger partial charge in [0.15, 0.2) is 6.61 Å². The number of aryl methyl sites for hydroxylation is 2. The fourth-order valence-electron chi connectivity index (χ4n) is 3.17. The van der Waals surface area contributed by atoms with Gasteiger partial charge in [0, 0.05) is 23.1 Å². The number of esters is 1. The van der Waals surface area contributed by atoms with Crippen LogP contribution in [0.25, 0.3) is 0 Å². The zero-order chi connectivity index (χ0) is 21.7. The number of anilines is 3. The van der Waals surface area contributed by atoms with Gasteiger partial charge in [-0.2, -0.15) is 0 Å². The van der Waals surface area contributed by atoms with Crippen molar-refractivity contribution in [3.63, 3.8) is 0 Å². The lowest BCUT2D eigenvalue weighted by atomic mass is 10.2. The standard InChI is InChI=1S/C23H25N3O4/c1-15(2)26(21(27)14-29-23(28)22-16(3)25-30-17(22)4)20-12-10-19(11-13-20)24-18-8-6-5-7-9-18/h5-13,15,24H,14H2,1-4H3. The highest BCUT2D eigenvalue weighted by Crippen LogP contribution is 2.23. The number of hydrogen-bond acceptors (Lipinski definition) is 6. The molecule has 0 unspecified atom stereocenters. The number of aromatic nitrogens is 1. The van der Waals surface area contributed by atoms with E-state index in [9.17, 15) is 9.59 Å². The molecule has 0 aliphatic rings. The SMILES string of the molecule is Cc1noc(C)c1C(=O)OCC(=O)N(c1ccc(Nc2ccccc2)cc1)C(C)C. The number of rotatable bonds is 7. The average Bonchev–Trinajstić information content (AvgIpc) is 3.06. The van der Waals surface area contributed by atoms with Crippen LogP contribution in [0.2, 0.25) is 0 Å². The summed E-state index contributed by atoms with van der Waals surface area (Å²) in [6.07, 6.45) is 0. The summed E-state index contributed by atoms with van der Waals surface area (Å²) in [5.74, 6) is -0.563. The molecule has 30 heavy (non-hydrogen) atoms. The molecular weight excluding hydrogens is 382 g/mol. The van der Waals surface area contributed by atoms with E-state index in [4.69, 9.17) is 9.26 Å². The summed E-state index contributed by atoms with van der Waals surface area (Å²) >= 11 is 0. The van der Waals surface area contributed by atoms with Gasteiger partial charge >= 0.3 is 5.97 Å². The fraction of sp³-hybridized carbons (Fsp3) is 0.261. The molecule has 156 valence electrons. The second kappa shape index (κ2) is 9.26. The minimum Gasteiger partial charge on any atom is -0.452 e. The van der Waals surface area contributed by atoms with Crippen molar-refractivity contribution in [3.8, 4) is 0 Å². The lowest BCUT2D eigenvalue weighted by molar-refractivity contribution is -0.122. The first-order valence-electron chi connectivity index (χ1n) is 9.71. The van der Waals surface area contributed by atoms with E-state index >= 15 is 0 Å². The van der Waals surface area contributed by atoms with E-state index in [1.807, 2.05) is 68.4 Å². The van der Waals surface area contributed by atoms with Gasteiger partial charge in [-0.15, -0.1) is 0 Å². The molecule has 0 radical (unpaired) electrons. The van der Waals surface area contributed by atoms with Crippen LogP contribution in [-0.4, -0.2) is 29.7 Å². The largest absolute Gasteiger partial charge is 0.452 e. The van der Waals surface area contributed by atoms with Crippen molar-refractivity contribution in [2.45, 2.75) is 33.7 Å². The first kappa shape index (κ1) is 21.1. The number of para-hydroxylation sites is 1. The van der Waals surface area contributed by atoms with Crippen molar-refractivity contribution >= 4 is 28.9 Å². The molecule has 0 bridgehead atoms. The van der Waals surface area contributed by atoms with Gasteiger partial charge in [0.1, 0.15) is 11.3 Å². The van der Waals surface area contributed by atoms with Crippen LogP contribution in [0.4, 0.5) is 17.1 Å². The Morgan fingerprint density at radius 3 is 2.23 bits per heavy atom. The molecule has 0 saturated heterocycles. The second-order valence-electron chi connectivity index (χ2n) is 7.17. The number of carbonyl (C=O) groups is 2. The van der Waals surface area contributed by atoms with E-state index in [0.717, 1.165) is 17.1 Å². The highest BCUT2D eigenvalue weighted by Gasteiger charge is 2.23. The van der Waals surface area contributed by atoms with Crippen molar-refractivity contribution in [1.29, 1.82) is 0 Å². The van der Waals surface area contributed by atoms with Crippen LogP contribution >= 0.6 is 0 Å². The van der Waals surface area contributed by atoms with Crippen LogP contribution in [0.3, 0.4) is 0 Å². The lowest BCUT2D eigenvalue weighted by Gasteiger charge is -2.27. The molecule has 2 aromatic carbocycles. The van der Waals surface area contributed by atoms with Crippen LogP contribution in [0.5, 0.6) is 0 Å². The third-order valence-electron chi connectivity index (χ3n) is 4.56. The summed E-state index contributed by atoms with van der Waals surface area (Å²) in [4.78, 5) is 26.7. The smallest absolute Gasteiger partial charge is 0.344 e. The first-order valence-corrected chi connectivity index (χ1v) is 9.71. The monoisotopic (exact) mass is 407 g/mol. The highest BCUT2D eigenvalue weighted by atomic mass is 16.5. The Morgan fingerprint density at radius 1 is 1.03 bits per heavy atom. The van der Waals surface area contributed by atoms with Gasteiger partial charge in [0.2, 0.25) is 0 Å². The molecule has 1 N–H and O–H groups in total. The zero-order valence-corrected chi connectivity index (χ0v) is 17.5. The molecular formula is C23H25N3O4. The van der Waals surface area contributed by atoms with Gasteiger partial charge in [-0.25, -0.2) is 4.79 Å². The Kier molecular flexibility index (Phi) is 6.51. The third kappa shape index (κ3) is 4.86. The first-order chi connectivity index (χ1) is 14.4. The van der Waals surface area contributed by atoms with Crippen LogP contribution in [0.15, 0.2) is 59.1 Å². The Labute approximate surface area is 175 Å². The van der Waals surface area contributed by atoms with E-state index < -0.39 is 5.97 Å². The van der Waals surface area contributed by atoms with E-state index in [2.05, 4.69) is 10.5 Å². The lowest BCUT2D eigenvalue weighted by Crippen LogP contribution is -2.40. The summed E-state index contributed by atoms with van der Waals surface area (Å²) < 4.78 is 10.2. The topological polar surface area (TPSA) is 84.7 Å². The Bertz CT molecular complexity index is 991. The molecule has 7 nitrogen and oxygen atoms in total. The van der Waals surface area contributed by atoms with Gasteiger partial charge in [0.25, 0.3) is 5.91 Å². The quantitative estimate of drug-likeness (QED) is 0.575. The van der Waals surface area contributed by atoms with Crippen molar-refractivity contribution < 1.29 is 18.8 Å². The van der Waals surface area contributed by atoms with Gasteiger partial charge in [-0.1, -0.05) is 23.4 Å². The van der Waals surface area contributed by atoms with Crippen molar-refractivity contribution in [2.75, 3.05) is 16.8 Å². The zero-order valence-electron chi connectivity index (χ0n) is 17.5. The molecule has 7 heteroatoms. The predicted molar refractivity (Wildman–Crippen MR) is 115 cm³/mol. The number of amides is 1. The van der Waals surface area contributed by atoms with Gasteiger partial charge < -0.3 is 19.5 Å². The highest BCUT2D eigenvalue weighted by molar-refractivity contribution is 5.98. The minimum absolute atomic E-state index is 0.108. The summed E-state index contributed by atoms with van der Waals surface area (Å²) in [6.45, 7) is 6.73. The Balaban J connectivity index is 1.67. The van der Waals surface area contributed by atoms with Gasteiger partial charge in [-0.3, -0.25) is 4.79 Å². The molecule has 3 rings (SSSR count). The van der Waals surface area contributed by atoms with Crippen molar-refractivity contribution in [1.82, 2.24) is 5.16 Å². The van der Waals surface area contributed by atoms with Crippen molar-refractivity contribution in [2.24, 2.45) is 0 Å². The van der Waals surface area contributed by atoms with E-state index in [1.165, 1.54) is 0 Å². The van der Waals surface area contributed by atoms with Crippen LogP contribution in [0, 0.1) is 13.8 Å². The summed E-state index contributed by atoms with van der Waals surface area (Å²) in [5.41, 5.74) is 3.31. The molecule has 0 aliphatic heterocycles. The van der Waals surface area contributed by atoms with Gasteiger partial charge in [0.05, 0.1) is 5.69 Å². The maximum absolute atomic E-state index is 12.8. The number of hydrogen-bond donors (Lipinski definition) is 1. The number of carbonyl (C=O) groups excluding carboxylic acids is 2. The normalized spacial score (nSPS) is 10.7. The van der Waals surface area contributed by atoms with Crippen LogP contribution < -0.4 is 10.2 Å². The number of nitrogens with zero attached hydrogens (tertiary/aromatic N) is 2. The molecule has 1 amide bonds. The predicted octanol–water partition coefficient (Wildman–Crippen LogP) is 4.63. The van der Waals surface area contributed by atoms with Crippen LogP contribution in [-0.2, 0) is 9.53 Å². The molecule has 0 spiro atoms. The summed E-state index contributed by atoms with van der Waals surface area (Å²) in [6, 6.07) is 17.2. The molecule has 0 fully saturated rings. The van der Waals surface area contributed by atoms with E-state index in [-0.39, 0.29) is 24.1 Å². The van der Waals surface area contributed by atoms with Crippen molar-refractivity contribution in [3.05, 3.63) is 71.6 Å². The Hall–Kier alpha value is -3.61. The molecule has 0 saturated carbocycles. The van der Waals surface area contributed by atoms with E-state index in [0.29, 0.717) is 11.5 Å². The molecule has 3 aromatic rings. The molecule has 0 atom stereocenters.